The molecule has 1 N–H and O–H groups in total. The summed E-state index contributed by atoms with van der Waals surface area (Å²) in [5, 5.41) is 10.0. The van der Waals surface area contributed by atoms with Crippen molar-refractivity contribution in [2.24, 2.45) is 0 Å². The zero-order valence-electron chi connectivity index (χ0n) is 13.1. The van der Waals surface area contributed by atoms with Gasteiger partial charge in [-0.1, -0.05) is 66.4 Å². The lowest BCUT2D eigenvalue weighted by Crippen LogP contribution is -2.00. The summed E-state index contributed by atoms with van der Waals surface area (Å²) in [5.74, 6) is 0.665. The molecule has 5 heteroatoms. The molecular weight excluding hydrogens is 320 g/mol. The second-order valence-corrected chi connectivity index (χ2v) is 6.27. The first-order chi connectivity index (χ1) is 11.6. The molecule has 0 radical (unpaired) electrons. The minimum Gasteiger partial charge on any atom is -0.493 e. The summed E-state index contributed by atoms with van der Waals surface area (Å²) in [4.78, 5) is 20.6. The van der Waals surface area contributed by atoms with Crippen LogP contribution in [0.15, 0.2) is 65.8 Å². The van der Waals surface area contributed by atoms with Gasteiger partial charge in [0.15, 0.2) is 10.9 Å². The lowest BCUT2D eigenvalue weighted by molar-refractivity contribution is 0.103. The second kappa shape index (κ2) is 7.27. The number of hydrogen-bond acceptors (Lipinski definition) is 5. The van der Waals surface area contributed by atoms with E-state index in [2.05, 4.69) is 9.97 Å². The standard InChI is InChI=1S/C19H16N2O2S/c1-13-11-17(22)21-19(20-13)24-12-14-7-9-16(10-8-14)18(23)15-5-3-2-4-6-15/h2-11H,12H2,1H3,(H,20,21,22). The van der Waals surface area contributed by atoms with Crippen molar-refractivity contribution in [3.63, 3.8) is 0 Å². The molecule has 0 aliphatic heterocycles. The van der Waals surface area contributed by atoms with E-state index in [4.69, 9.17) is 0 Å². The van der Waals surface area contributed by atoms with Crippen molar-refractivity contribution in [1.82, 2.24) is 9.97 Å². The predicted molar refractivity (Wildman–Crippen MR) is 94.3 cm³/mol. The van der Waals surface area contributed by atoms with Crippen molar-refractivity contribution in [1.29, 1.82) is 0 Å². The molecule has 0 saturated heterocycles. The van der Waals surface area contributed by atoms with Crippen LogP contribution in [0.5, 0.6) is 5.88 Å². The van der Waals surface area contributed by atoms with Crippen molar-refractivity contribution in [3.05, 3.63) is 83.0 Å². The molecule has 0 unspecified atom stereocenters. The van der Waals surface area contributed by atoms with E-state index in [1.807, 2.05) is 61.5 Å². The largest absolute Gasteiger partial charge is 0.493 e. The maximum absolute atomic E-state index is 12.4. The Morgan fingerprint density at radius 3 is 2.33 bits per heavy atom. The van der Waals surface area contributed by atoms with Gasteiger partial charge in [-0.05, 0) is 12.5 Å². The Morgan fingerprint density at radius 2 is 1.67 bits per heavy atom. The van der Waals surface area contributed by atoms with Gasteiger partial charge in [0.25, 0.3) is 0 Å². The summed E-state index contributed by atoms with van der Waals surface area (Å²) in [7, 11) is 0. The van der Waals surface area contributed by atoms with Gasteiger partial charge in [0, 0.05) is 28.6 Å². The molecule has 0 amide bonds. The molecule has 24 heavy (non-hydrogen) atoms. The quantitative estimate of drug-likeness (QED) is 0.433. The van der Waals surface area contributed by atoms with E-state index in [-0.39, 0.29) is 11.7 Å². The summed E-state index contributed by atoms with van der Waals surface area (Å²) in [6.45, 7) is 1.81. The minimum absolute atomic E-state index is 0.0155. The number of hydrogen-bond donors (Lipinski definition) is 1. The van der Waals surface area contributed by atoms with E-state index in [0.717, 1.165) is 11.3 Å². The molecule has 0 spiro atoms. The van der Waals surface area contributed by atoms with E-state index in [0.29, 0.717) is 22.0 Å². The molecular formula is C19H16N2O2S. The lowest BCUT2D eigenvalue weighted by Gasteiger charge is -2.05. The third kappa shape index (κ3) is 4.00. The number of benzene rings is 2. The molecule has 120 valence electrons. The van der Waals surface area contributed by atoms with Gasteiger partial charge in [-0.15, -0.1) is 0 Å². The average molecular weight is 336 g/mol. The van der Waals surface area contributed by atoms with Crippen LogP contribution in [0.4, 0.5) is 0 Å². The first kappa shape index (κ1) is 16.2. The molecule has 3 aromatic rings. The van der Waals surface area contributed by atoms with Crippen LogP contribution in [0.2, 0.25) is 0 Å². The Bertz CT molecular complexity index is 829. The fourth-order valence-corrected chi connectivity index (χ4v) is 3.10. The third-order valence-corrected chi connectivity index (χ3v) is 4.36. The summed E-state index contributed by atoms with van der Waals surface area (Å²) in [5.41, 5.74) is 3.14. The Balaban J connectivity index is 1.67. The monoisotopic (exact) mass is 336 g/mol. The van der Waals surface area contributed by atoms with E-state index in [9.17, 15) is 9.90 Å². The number of aromatic nitrogens is 2. The van der Waals surface area contributed by atoms with Crippen LogP contribution < -0.4 is 0 Å². The molecule has 1 aromatic heterocycles. The fourth-order valence-electron chi connectivity index (χ4n) is 2.25. The highest BCUT2D eigenvalue weighted by Crippen LogP contribution is 2.22. The van der Waals surface area contributed by atoms with Crippen molar-refractivity contribution in [3.8, 4) is 5.88 Å². The number of nitrogens with zero attached hydrogens (tertiary/aromatic N) is 2. The van der Waals surface area contributed by atoms with E-state index in [1.54, 1.807) is 0 Å². The molecule has 4 nitrogen and oxygen atoms in total. The topological polar surface area (TPSA) is 63.1 Å². The number of thioether (sulfide) groups is 1. The summed E-state index contributed by atoms with van der Waals surface area (Å²) >= 11 is 1.45. The lowest BCUT2D eigenvalue weighted by atomic mass is 10.0. The van der Waals surface area contributed by atoms with Crippen LogP contribution >= 0.6 is 11.8 Å². The maximum Gasteiger partial charge on any atom is 0.215 e. The van der Waals surface area contributed by atoms with Gasteiger partial charge in [0.2, 0.25) is 5.88 Å². The number of ketones is 1. The number of aromatic hydroxyl groups is 1. The zero-order valence-corrected chi connectivity index (χ0v) is 14.0. The molecule has 3 rings (SSSR count). The summed E-state index contributed by atoms with van der Waals surface area (Å²) in [6.07, 6.45) is 0. The first-order valence-corrected chi connectivity index (χ1v) is 8.46. The number of carbonyl (C=O) groups is 1. The normalized spacial score (nSPS) is 10.5. The molecule has 2 aromatic carbocycles. The first-order valence-electron chi connectivity index (χ1n) is 7.48. The van der Waals surface area contributed by atoms with Crippen molar-refractivity contribution in [2.45, 2.75) is 17.8 Å². The van der Waals surface area contributed by atoms with Crippen LogP contribution in [0.1, 0.15) is 27.2 Å². The highest BCUT2D eigenvalue weighted by atomic mass is 32.2. The van der Waals surface area contributed by atoms with Gasteiger partial charge in [-0.2, -0.15) is 4.98 Å². The number of carbonyl (C=O) groups excluding carboxylic acids is 1. The Morgan fingerprint density at radius 1 is 1.00 bits per heavy atom. The molecule has 0 saturated carbocycles. The predicted octanol–water partition coefficient (Wildman–Crippen LogP) is 4.01. The third-order valence-electron chi connectivity index (χ3n) is 3.44. The van der Waals surface area contributed by atoms with Crippen molar-refractivity contribution >= 4 is 17.5 Å². The van der Waals surface area contributed by atoms with Crippen LogP contribution in [0.3, 0.4) is 0 Å². The van der Waals surface area contributed by atoms with E-state index < -0.39 is 0 Å². The Kier molecular flexibility index (Phi) is 4.91. The molecule has 0 bridgehead atoms. The highest BCUT2D eigenvalue weighted by molar-refractivity contribution is 7.98. The van der Waals surface area contributed by atoms with Crippen LogP contribution in [-0.4, -0.2) is 20.9 Å². The van der Waals surface area contributed by atoms with E-state index >= 15 is 0 Å². The fraction of sp³-hybridized carbons (Fsp3) is 0.105. The molecule has 0 aliphatic carbocycles. The van der Waals surface area contributed by atoms with Gasteiger partial charge in [-0.25, -0.2) is 4.98 Å². The SMILES string of the molecule is Cc1cc(O)nc(SCc2ccc(C(=O)c3ccccc3)cc2)n1. The number of rotatable bonds is 5. The zero-order chi connectivity index (χ0) is 16.9. The molecule has 0 fully saturated rings. The van der Waals surface area contributed by atoms with Crippen LogP contribution in [0, 0.1) is 6.92 Å². The van der Waals surface area contributed by atoms with Gasteiger partial charge in [0.05, 0.1) is 0 Å². The summed E-state index contributed by atoms with van der Waals surface area (Å²) in [6, 6.07) is 18.3. The average Bonchev–Trinajstić information content (AvgIpc) is 2.60. The second-order valence-electron chi connectivity index (χ2n) is 5.33. The number of aryl methyl sites for hydroxylation is 1. The minimum atomic E-state index is -0.0196. The van der Waals surface area contributed by atoms with Crippen molar-refractivity contribution in [2.75, 3.05) is 0 Å². The highest BCUT2D eigenvalue weighted by Gasteiger charge is 2.08. The van der Waals surface area contributed by atoms with Gasteiger partial charge < -0.3 is 5.11 Å². The Hall–Kier alpha value is -2.66. The molecule has 0 aliphatic rings. The Labute approximate surface area is 144 Å². The smallest absolute Gasteiger partial charge is 0.215 e. The summed E-state index contributed by atoms with van der Waals surface area (Å²) < 4.78 is 0. The van der Waals surface area contributed by atoms with E-state index in [1.165, 1.54) is 17.8 Å². The van der Waals surface area contributed by atoms with Crippen LogP contribution in [-0.2, 0) is 5.75 Å². The van der Waals surface area contributed by atoms with Gasteiger partial charge in [0.1, 0.15) is 0 Å². The molecule has 0 atom stereocenters. The van der Waals surface area contributed by atoms with Gasteiger partial charge in [-0.3, -0.25) is 4.79 Å². The van der Waals surface area contributed by atoms with Crippen molar-refractivity contribution < 1.29 is 9.90 Å². The maximum atomic E-state index is 12.4. The van der Waals surface area contributed by atoms with Gasteiger partial charge >= 0.3 is 0 Å². The molecule has 1 heterocycles. The van der Waals surface area contributed by atoms with Crippen LogP contribution in [0.25, 0.3) is 0 Å².